The molecule has 4 rings (SSSR count). The predicted octanol–water partition coefficient (Wildman–Crippen LogP) is 4.90. The molecule has 4 aliphatic rings. The second kappa shape index (κ2) is 5.97. The van der Waals surface area contributed by atoms with Crippen LogP contribution in [0.2, 0.25) is 0 Å². The largest absolute Gasteiger partial charge is 0.497 e. The highest BCUT2D eigenvalue weighted by Crippen LogP contribution is 2.66. The van der Waals surface area contributed by atoms with E-state index in [1.807, 2.05) is 6.08 Å². The minimum Gasteiger partial charge on any atom is -0.497 e. The van der Waals surface area contributed by atoms with E-state index in [4.69, 9.17) is 16.3 Å². The Hall–Kier alpha value is -1.06. The summed E-state index contributed by atoms with van der Waals surface area (Å²) in [6.07, 6.45) is 10.4. The molecule has 4 heteroatoms. The van der Waals surface area contributed by atoms with Crippen molar-refractivity contribution in [2.24, 2.45) is 22.7 Å². The number of carbonyl (C=O) groups is 1. The topological polar surface area (TPSA) is 46.5 Å². The number of ether oxygens (including phenoxy) is 1. The van der Waals surface area contributed by atoms with Crippen LogP contribution < -0.4 is 0 Å². The van der Waals surface area contributed by atoms with Crippen molar-refractivity contribution in [1.29, 1.82) is 0 Å². The van der Waals surface area contributed by atoms with Gasteiger partial charge in [-0.05, 0) is 56.4 Å². The molecule has 0 aromatic heterocycles. The third kappa shape index (κ3) is 2.19. The highest BCUT2D eigenvalue weighted by molar-refractivity contribution is 6.25. The number of allylic oxidation sites excluding steroid dienone is 4. The van der Waals surface area contributed by atoms with Gasteiger partial charge in [-0.2, -0.15) is 0 Å². The molecule has 1 N–H and O–H groups in total. The molecule has 0 heterocycles. The van der Waals surface area contributed by atoms with E-state index < -0.39 is 5.60 Å². The van der Waals surface area contributed by atoms with Gasteiger partial charge in [0.25, 0.3) is 0 Å². The van der Waals surface area contributed by atoms with E-state index in [0.717, 1.165) is 32.1 Å². The van der Waals surface area contributed by atoms with Crippen molar-refractivity contribution < 1.29 is 14.6 Å². The predicted molar refractivity (Wildman–Crippen MR) is 103 cm³/mol. The fourth-order valence-corrected chi connectivity index (χ4v) is 6.85. The third-order valence-corrected chi connectivity index (χ3v) is 8.41. The highest BCUT2D eigenvalue weighted by atomic mass is 35.5. The molecule has 5 atom stereocenters. The Balaban J connectivity index is 1.76. The number of fused-ring (bicyclic) bond motifs is 5. The first-order valence-electron chi connectivity index (χ1n) is 9.82. The standard InChI is InChI=1S/C22H29ClO3/c1-20-9-6-15(24)12-14(20)4-5-16-17(20)7-10-21(2)18(16)8-11-22(21,25)19(13-23)26-3/h7,12-13,16,18,25H,4-6,8-11H2,1-3H3/b19-13-/t16-,18+,20+,21+,22+/m1/s1. The lowest BCUT2D eigenvalue weighted by atomic mass is 9.50. The maximum absolute atomic E-state index is 11.9. The fraction of sp³-hybridized carbons (Fsp3) is 0.682. The van der Waals surface area contributed by atoms with Crippen LogP contribution in [-0.2, 0) is 9.53 Å². The maximum atomic E-state index is 11.9. The van der Waals surface area contributed by atoms with Gasteiger partial charge in [0, 0.05) is 22.8 Å². The monoisotopic (exact) mass is 376 g/mol. The first-order chi connectivity index (χ1) is 12.3. The van der Waals surface area contributed by atoms with Crippen LogP contribution in [0.4, 0.5) is 0 Å². The molecule has 0 aromatic carbocycles. The van der Waals surface area contributed by atoms with Crippen LogP contribution in [0.15, 0.2) is 34.6 Å². The molecule has 0 spiro atoms. The van der Waals surface area contributed by atoms with E-state index in [1.54, 1.807) is 7.11 Å². The maximum Gasteiger partial charge on any atom is 0.155 e. The molecule has 0 unspecified atom stereocenters. The Morgan fingerprint density at radius 2 is 2.08 bits per heavy atom. The van der Waals surface area contributed by atoms with Crippen molar-refractivity contribution in [3.8, 4) is 0 Å². The van der Waals surface area contributed by atoms with Crippen LogP contribution in [0.25, 0.3) is 0 Å². The number of ketones is 1. The van der Waals surface area contributed by atoms with Gasteiger partial charge in [-0.1, -0.05) is 42.7 Å². The fourth-order valence-electron chi connectivity index (χ4n) is 6.58. The Labute approximate surface area is 161 Å². The first kappa shape index (κ1) is 18.3. The summed E-state index contributed by atoms with van der Waals surface area (Å²) in [5.74, 6) is 1.67. The molecular weight excluding hydrogens is 348 g/mol. The number of hydrogen-bond acceptors (Lipinski definition) is 3. The molecule has 4 aliphatic carbocycles. The van der Waals surface area contributed by atoms with E-state index in [1.165, 1.54) is 16.7 Å². The first-order valence-corrected chi connectivity index (χ1v) is 10.3. The Morgan fingerprint density at radius 3 is 2.77 bits per heavy atom. The van der Waals surface area contributed by atoms with Gasteiger partial charge in [-0.3, -0.25) is 4.79 Å². The molecule has 142 valence electrons. The average molecular weight is 377 g/mol. The van der Waals surface area contributed by atoms with Crippen molar-refractivity contribution in [1.82, 2.24) is 0 Å². The SMILES string of the molecule is CO/C(=C\Cl)[C@@]1(O)CC[C@H]2[C@@H]3CCC4=CC(=O)CC[C@]4(C)C3=CC[C@@]21C. The summed E-state index contributed by atoms with van der Waals surface area (Å²) in [7, 11) is 1.59. The molecule has 0 aromatic rings. The lowest BCUT2D eigenvalue weighted by Crippen LogP contribution is -2.51. The number of halogens is 1. The molecular formula is C22H29ClO3. The number of carbonyl (C=O) groups excluding carboxylic acids is 1. The van der Waals surface area contributed by atoms with E-state index in [0.29, 0.717) is 30.4 Å². The van der Waals surface area contributed by atoms with E-state index in [9.17, 15) is 9.90 Å². The lowest BCUT2D eigenvalue weighted by Gasteiger charge is -2.54. The van der Waals surface area contributed by atoms with Crippen LogP contribution in [0, 0.1) is 22.7 Å². The molecule has 0 saturated heterocycles. The van der Waals surface area contributed by atoms with Crippen molar-refractivity contribution in [3.05, 3.63) is 34.6 Å². The second-order valence-corrected chi connectivity index (χ2v) is 9.30. The van der Waals surface area contributed by atoms with Gasteiger partial charge in [-0.15, -0.1) is 0 Å². The van der Waals surface area contributed by atoms with Crippen LogP contribution in [-0.4, -0.2) is 23.6 Å². The minimum atomic E-state index is -1.00. The summed E-state index contributed by atoms with van der Waals surface area (Å²) in [6.45, 7) is 4.53. The van der Waals surface area contributed by atoms with Crippen molar-refractivity contribution in [2.75, 3.05) is 7.11 Å². The summed E-state index contributed by atoms with van der Waals surface area (Å²) >= 11 is 5.99. The molecule has 0 radical (unpaired) electrons. The normalized spacial score (nSPS) is 45.3. The van der Waals surface area contributed by atoms with Crippen LogP contribution in [0.1, 0.15) is 58.8 Å². The van der Waals surface area contributed by atoms with Crippen molar-refractivity contribution in [2.45, 2.75) is 64.4 Å². The van der Waals surface area contributed by atoms with E-state index in [-0.39, 0.29) is 16.6 Å². The summed E-state index contributed by atoms with van der Waals surface area (Å²) in [5.41, 5.74) is 3.01. The van der Waals surface area contributed by atoms with Crippen LogP contribution in [0.3, 0.4) is 0 Å². The lowest BCUT2D eigenvalue weighted by molar-refractivity contribution is -0.115. The van der Waals surface area contributed by atoms with Crippen molar-refractivity contribution in [3.63, 3.8) is 0 Å². The second-order valence-electron chi connectivity index (χ2n) is 9.08. The Kier molecular flexibility index (Phi) is 4.20. The van der Waals surface area contributed by atoms with Gasteiger partial charge in [0.1, 0.15) is 11.4 Å². The summed E-state index contributed by atoms with van der Waals surface area (Å²) in [6, 6.07) is 0. The molecule has 0 amide bonds. The van der Waals surface area contributed by atoms with Gasteiger partial charge < -0.3 is 9.84 Å². The number of methoxy groups -OCH3 is 1. The molecule has 0 bridgehead atoms. The zero-order valence-electron chi connectivity index (χ0n) is 16.0. The van der Waals surface area contributed by atoms with E-state index >= 15 is 0 Å². The van der Waals surface area contributed by atoms with E-state index in [2.05, 4.69) is 19.9 Å². The Morgan fingerprint density at radius 1 is 1.31 bits per heavy atom. The third-order valence-electron chi connectivity index (χ3n) is 8.22. The molecule has 2 saturated carbocycles. The molecule has 3 nitrogen and oxygen atoms in total. The molecule has 2 fully saturated rings. The summed E-state index contributed by atoms with van der Waals surface area (Å²) in [5, 5.41) is 11.6. The highest BCUT2D eigenvalue weighted by Gasteiger charge is 2.63. The number of rotatable bonds is 2. The van der Waals surface area contributed by atoms with Crippen molar-refractivity contribution >= 4 is 17.4 Å². The van der Waals surface area contributed by atoms with Crippen LogP contribution >= 0.6 is 11.6 Å². The summed E-state index contributed by atoms with van der Waals surface area (Å²) < 4.78 is 5.47. The van der Waals surface area contributed by atoms with Gasteiger partial charge in [0.15, 0.2) is 5.78 Å². The van der Waals surface area contributed by atoms with Gasteiger partial charge in [-0.25, -0.2) is 0 Å². The number of aliphatic hydroxyl groups is 1. The van der Waals surface area contributed by atoms with Gasteiger partial charge >= 0.3 is 0 Å². The minimum absolute atomic E-state index is 0.0330. The van der Waals surface area contributed by atoms with Gasteiger partial charge in [0.05, 0.1) is 7.11 Å². The summed E-state index contributed by atoms with van der Waals surface area (Å²) in [4.78, 5) is 11.9. The number of hydrogen-bond donors (Lipinski definition) is 1. The average Bonchev–Trinajstić information content (AvgIpc) is 2.89. The molecule has 26 heavy (non-hydrogen) atoms. The zero-order chi connectivity index (χ0) is 18.7. The quantitative estimate of drug-likeness (QED) is 0.551. The smallest absolute Gasteiger partial charge is 0.155 e. The van der Waals surface area contributed by atoms with Crippen LogP contribution in [0.5, 0.6) is 0 Å². The Bertz CT molecular complexity index is 736. The zero-order valence-corrected chi connectivity index (χ0v) is 16.7. The van der Waals surface area contributed by atoms with Gasteiger partial charge in [0.2, 0.25) is 0 Å². The molecule has 0 aliphatic heterocycles.